The molecule has 1 aliphatic heterocycles. The van der Waals surface area contributed by atoms with Crippen molar-refractivity contribution in [2.24, 2.45) is 0 Å². The summed E-state index contributed by atoms with van der Waals surface area (Å²) >= 11 is 0. The van der Waals surface area contributed by atoms with Crippen molar-refractivity contribution in [3.63, 3.8) is 0 Å². The molecule has 1 fully saturated rings. The van der Waals surface area contributed by atoms with Crippen LogP contribution >= 0.6 is 0 Å². The van der Waals surface area contributed by atoms with Gasteiger partial charge in [-0.2, -0.15) is 5.26 Å². The van der Waals surface area contributed by atoms with E-state index in [1.165, 1.54) is 0 Å². The van der Waals surface area contributed by atoms with Crippen LogP contribution in [-0.2, 0) is 9.53 Å². The van der Waals surface area contributed by atoms with E-state index in [1.807, 2.05) is 41.3 Å². The lowest BCUT2D eigenvalue weighted by Gasteiger charge is -2.36. The Hall–Kier alpha value is -4.39. The van der Waals surface area contributed by atoms with Crippen LogP contribution in [-0.4, -0.2) is 39.9 Å². The maximum Gasteiger partial charge on any atom is 0.414 e. The van der Waals surface area contributed by atoms with Crippen LogP contribution in [0.25, 0.3) is 11.1 Å². The standard InChI is InChI=1S/C25H25N5O5/c1-16(17-7-3-2-4-8-17)34-25(33)28-24-23(20(14-26)29-35-24)18-10-11-21(27-15-18)30-12-6-5-9-19(30)13-22(31)32/h2-4,7-8,10-11,15-16,19H,5-6,9,12-13H2,1H3,(H,28,33)(H,31,32). The molecule has 10 heteroatoms. The van der Waals surface area contributed by atoms with Crippen molar-refractivity contribution in [2.45, 2.75) is 44.8 Å². The molecule has 2 unspecified atom stereocenters. The summed E-state index contributed by atoms with van der Waals surface area (Å²) in [5.74, 6) is -0.214. The summed E-state index contributed by atoms with van der Waals surface area (Å²) in [4.78, 5) is 30.3. The van der Waals surface area contributed by atoms with Crippen LogP contribution in [0.2, 0.25) is 0 Å². The van der Waals surface area contributed by atoms with Gasteiger partial charge in [0.2, 0.25) is 5.88 Å². The van der Waals surface area contributed by atoms with E-state index < -0.39 is 18.2 Å². The van der Waals surface area contributed by atoms with Gasteiger partial charge in [0, 0.05) is 24.3 Å². The number of piperidine rings is 1. The van der Waals surface area contributed by atoms with E-state index in [9.17, 15) is 20.0 Å². The molecule has 1 aliphatic rings. The zero-order valence-electron chi connectivity index (χ0n) is 19.2. The summed E-state index contributed by atoms with van der Waals surface area (Å²) in [6.07, 6.45) is 3.08. The number of aliphatic carboxylic acids is 1. The first-order valence-corrected chi connectivity index (χ1v) is 11.3. The highest BCUT2D eigenvalue weighted by molar-refractivity contribution is 5.90. The number of benzene rings is 1. The molecule has 0 spiro atoms. The monoisotopic (exact) mass is 475 g/mol. The molecule has 35 heavy (non-hydrogen) atoms. The lowest BCUT2D eigenvalue weighted by molar-refractivity contribution is -0.137. The van der Waals surface area contributed by atoms with Crippen molar-refractivity contribution in [3.05, 3.63) is 59.9 Å². The maximum absolute atomic E-state index is 12.5. The van der Waals surface area contributed by atoms with Gasteiger partial charge >= 0.3 is 12.1 Å². The summed E-state index contributed by atoms with van der Waals surface area (Å²) in [5.41, 5.74) is 1.63. The fraction of sp³-hybridized carbons (Fsp3) is 0.320. The third-order valence-electron chi connectivity index (χ3n) is 5.93. The van der Waals surface area contributed by atoms with Crippen LogP contribution in [0.15, 0.2) is 53.2 Å². The zero-order chi connectivity index (χ0) is 24.8. The number of aromatic nitrogens is 2. The molecule has 0 radical (unpaired) electrons. The molecule has 0 saturated carbocycles. The quantitative estimate of drug-likeness (QED) is 0.495. The highest BCUT2D eigenvalue weighted by Gasteiger charge is 2.27. The Morgan fingerprint density at radius 3 is 2.77 bits per heavy atom. The van der Waals surface area contributed by atoms with Crippen LogP contribution in [0, 0.1) is 11.3 Å². The van der Waals surface area contributed by atoms with Gasteiger partial charge < -0.3 is 19.3 Å². The Labute approximate surface area is 202 Å². The van der Waals surface area contributed by atoms with E-state index >= 15 is 0 Å². The van der Waals surface area contributed by atoms with Gasteiger partial charge in [0.05, 0.1) is 12.0 Å². The number of hydrogen-bond acceptors (Lipinski definition) is 8. The minimum atomic E-state index is -0.842. The van der Waals surface area contributed by atoms with E-state index in [4.69, 9.17) is 9.26 Å². The summed E-state index contributed by atoms with van der Waals surface area (Å²) in [6, 6.07) is 14.6. The van der Waals surface area contributed by atoms with Crippen molar-refractivity contribution in [2.75, 3.05) is 16.8 Å². The number of nitriles is 1. The molecule has 2 N–H and O–H groups in total. The highest BCUT2D eigenvalue weighted by Crippen LogP contribution is 2.33. The first-order chi connectivity index (χ1) is 17.0. The van der Waals surface area contributed by atoms with Gasteiger partial charge in [0.25, 0.3) is 0 Å². The number of ether oxygens (including phenoxy) is 1. The molecule has 0 aliphatic carbocycles. The molecule has 4 rings (SSSR count). The van der Waals surface area contributed by atoms with E-state index in [0.29, 0.717) is 11.4 Å². The number of nitrogens with one attached hydrogen (secondary N) is 1. The fourth-order valence-electron chi connectivity index (χ4n) is 4.21. The molecule has 0 bridgehead atoms. The van der Waals surface area contributed by atoms with Crippen molar-refractivity contribution in [3.8, 4) is 17.2 Å². The Bertz CT molecular complexity index is 1220. The molecule has 3 aromatic rings. The third kappa shape index (κ3) is 5.58. The number of nitrogens with zero attached hydrogens (tertiary/aromatic N) is 4. The number of pyridine rings is 1. The summed E-state index contributed by atoms with van der Waals surface area (Å²) in [6.45, 7) is 2.47. The van der Waals surface area contributed by atoms with Gasteiger partial charge in [-0.25, -0.2) is 9.78 Å². The van der Waals surface area contributed by atoms with Crippen LogP contribution < -0.4 is 10.2 Å². The fourth-order valence-corrected chi connectivity index (χ4v) is 4.21. The van der Waals surface area contributed by atoms with Gasteiger partial charge in [0.1, 0.15) is 18.0 Å². The largest absolute Gasteiger partial charge is 0.481 e. The molecular weight excluding hydrogens is 450 g/mol. The van der Waals surface area contributed by atoms with Crippen molar-refractivity contribution < 1.29 is 24.0 Å². The third-order valence-corrected chi connectivity index (χ3v) is 5.93. The molecule has 180 valence electrons. The minimum absolute atomic E-state index is 0.00677. The molecule has 1 aromatic carbocycles. The topological polar surface area (TPSA) is 142 Å². The first kappa shape index (κ1) is 23.8. The number of hydrogen-bond donors (Lipinski definition) is 2. The summed E-state index contributed by atoms with van der Waals surface area (Å²) in [5, 5.41) is 25.0. The highest BCUT2D eigenvalue weighted by atomic mass is 16.6. The Balaban J connectivity index is 1.52. The van der Waals surface area contributed by atoms with E-state index in [0.717, 1.165) is 31.4 Å². The van der Waals surface area contributed by atoms with E-state index in [-0.39, 0.29) is 29.6 Å². The molecule has 2 atom stereocenters. The predicted molar refractivity (Wildman–Crippen MR) is 127 cm³/mol. The SMILES string of the molecule is CC(OC(=O)Nc1onc(C#N)c1-c1ccc(N2CCCCC2CC(=O)O)nc1)c1ccccc1. The number of amides is 1. The van der Waals surface area contributed by atoms with Gasteiger partial charge in [-0.05, 0) is 43.9 Å². The predicted octanol–water partition coefficient (Wildman–Crippen LogP) is 4.75. The average molecular weight is 476 g/mol. The Morgan fingerprint density at radius 2 is 2.09 bits per heavy atom. The van der Waals surface area contributed by atoms with Crippen molar-refractivity contribution in [1.29, 1.82) is 5.26 Å². The molecule has 2 aromatic heterocycles. The molecular formula is C25H25N5O5. The minimum Gasteiger partial charge on any atom is -0.481 e. The molecule has 10 nitrogen and oxygen atoms in total. The van der Waals surface area contributed by atoms with E-state index in [2.05, 4.69) is 15.5 Å². The molecule has 1 amide bonds. The number of anilines is 2. The molecule has 3 heterocycles. The second-order valence-corrected chi connectivity index (χ2v) is 8.28. The molecule has 1 saturated heterocycles. The number of carboxylic acids is 1. The summed E-state index contributed by atoms with van der Waals surface area (Å²) < 4.78 is 10.6. The number of carbonyl (C=O) groups is 2. The summed E-state index contributed by atoms with van der Waals surface area (Å²) in [7, 11) is 0. The van der Waals surface area contributed by atoms with Gasteiger partial charge in [0.15, 0.2) is 5.69 Å². The lowest BCUT2D eigenvalue weighted by Crippen LogP contribution is -2.41. The van der Waals surface area contributed by atoms with Gasteiger partial charge in [-0.3, -0.25) is 10.1 Å². The smallest absolute Gasteiger partial charge is 0.414 e. The average Bonchev–Trinajstić information content (AvgIpc) is 3.27. The van der Waals surface area contributed by atoms with Crippen LogP contribution in [0.4, 0.5) is 16.5 Å². The van der Waals surface area contributed by atoms with Gasteiger partial charge in [-0.15, -0.1) is 0 Å². The number of carboxylic acid groups (broad SMARTS) is 1. The normalized spacial score (nSPS) is 16.2. The van der Waals surface area contributed by atoms with Crippen LogP contribution in [0.1, 0.15) is 50.0 Å². The van der Waals surface area contributed by atoms with Crippen molar-refractivity contribution in [1.82, 2.24) is 10.1 Å². The van der Waals surface area contributed by atoms with Gasteiger partial charge in [-0.1, -0.05) is 35.5 Å². The number of rotatable bonds is 7. The second kappa shape index (κ2) is 10.7. The zero-order valence-corrected chi connectivity index (χ0v) is 19.2. The first-order valence-electron chi connectivity index (χ1n) is 11.3. The Kier molecular flexibility index (Phi) is 7.26. The van der Waals surface area contributed by atoms with E-state index in [1.54, 1.807) is 25.3 Å². The van der Waals surface area contributed by atoms with Crippen molar-refractivity contribution >= 4 is 23.8 Å². The lowest BCUT2D eigenvalue weighted by atomic mass is 9.99. The van der Waals surface area contributed by atoms with Crippen LogP contribution in [0.5, 0.6) is 0 Å². The maximum atomic E-state index is 12.5. The van der Waals surface area contributed by atoms with Crippen LogP contribution in [0.3, 0.4) is 0 Å². The second-order valence-electron chi connectivity index (χ2n) is 8.28. The number of carbonyl (C=O) groups excluding carboxylic acids is 1. The Morgan fingerprint density at radius 1 is 1.29 bits per heavy atom.